The Morgan fingerprint density at radius 3 is 2.14 bits per heavy atom. The van der Waals surface area contributed by atoms with E-state index in [1.807, 2.05) is 6.07 Å². The largest absolute Gasteiger partial charge is 0.383 e. The molecule has 2 nitrogen and oxygen atoms in total. The Morgan fingerprint density at radius 1 is 0.810 bits per heavy atom. The third-order valence-electron chi connectivity index (χ3n) is 3.64. The second-order valence-corrected chi connectivity index (χ2v) is 5.32. The molecule has 2 aromatic rings. The third-order valence-corrected chi connectivity index (χ3v) is 3.64. The molecule has 0 fully saturated rings. The van der Waals surface area contributed by atoms with Gasteiger partial charge in [-0.15, -0.1) is 0 Å². The van der Waals surface area contributed by atoms with Crippen LogP contribution in [0.4, 0.5) is 11.4 Å². The molecule has 2 heteroatoms. The molecule has 0 radical (unpaired) electrons. The van der Waals surface area contributed by atoms with Crippen LogP contribution in [-0.2, 0) is 0 Å². The molecule has 0 saturated carbocycles. The molecule has 2 aromatic carbocycles. The van der Waals surface area contributed by atoms with E-state index in [0.29, 0.717) is 0 Å². The summed E-state index contributed by atoms with van der Waals surface area (Å²) >= 11 is 0. The second kappa shape index (κ2) is 9.06. The summed E-state index contributed by atoms with van der Waals surface area (Å²) in [5.41, 5.74) is 2.52. The second-order valence-electron chi connectivity index (χ2n) is 5.32. The average Bonchev–Trinajstić information content (AvgIpc) is 2.55. The standard InChI is InChI=1S/C19H26N2/c1-2-3-10-16-21(19-13-8-5-9-14-19)17-15-20-18-11-6-4-7-12-18/h4-9,11-14,20H,2-3,10,15-17H2,1H3. The SMILES string of the molecule is CCCCCN(CCNc1ccccc1)c1ccccc1. The molecule has 0 unspecified atom stereocenters. The first-order chi connectivity index (χ1) is 10.4. The fraction of sp³-hybridized carbons (Fsp3) is 0.368. The molecule has 0 atom stereocenters. The first-order valence-corrected chi connectivity index (χ1v) is 7.99. The summed E-state index contributed by atoms with van der Waals surface area (Å²) in [4.78, 5) is 2.48. The molecule has 0 aromatic heterocycles. The predicted octanol–water partition coefficient (Wildman–Crippen LogP) is 4.80. The number of anilines is 2. The molecule has 0 aliphatic heterocycles. The smallest absolute Gasteiger partial charge is 0.0366 e. The lowest BCUT2D eigenvalue weighted by Gasteiger charge is -2.25. The summed E-state index contributed by atoms with van der Waals surface area (Å²) in [5, 5.41) is 3.49. The highest BCUT2D eigenvalue weighted by atomic mass is 15.1. The zero-order valence-corrected chi connectivity index (χ0v) is 13.0. The van der Waals surface area contributed by atoms with Crippen molar-refractivity contribution in [1.82, 2.24) is 0 Å². The number of hydrogen-bond acceptors (Lipinski definition) is 2. The van der Waals surface area contributed by atoms with Crippen molar-refractivity contribution in [1.29, 1.82) is 0 Å². The van der Waals surface area contributed by atoms with Crippen LogP contribution in [0, 0.1) is 0 Å². The quantitative estimate of drug-likeness (QED) is 0.665. The Kier molecular flexibility index (Phi) is 6.66. The van der Waals surface area contributed by atoms with E-state index in [0.717, 1.165) is 19.6 Å². The molecule has 1 N–H and O–H groups in total. The lowest BCUT2D eigenvalue weighted by molar-refractivity contribution is 0.679. The molecular formula is C19H26N2. The van der Waals surface area contributed by atoms with Crippen LogP contribution in [0.5, 0.6) is 0 Å². The summed E-state index contributed by atoms with van der Waals surface area (Å²) in [7, 11) is 0. The van der Waals surface area contributed by atoms with Crippen molar-refractivity contribution in [3.8, 4) is 0 Å². The van der Waals surface area contributed by atoms with E-state index < -0.39 is 0 Å². The summed E-state index contributed by atoms with van der Waals surface area (Å²) in [6, 6.07) is 21.1. The van der Waals surface area contributed by atoms with Gasteiger partial charge in [-0.3, -0.25) is 0 Å². The molecule has 0 aliphatic rings. The molecule has 0 spiro atoms. The third kappa shape index (κ3) is 5.50. The van der Waals surface area contributed by atoms with Gasteiger partial charge in [0.2, 0.25) is 0 Å². The van der Waals surface area contributed by atoms with E-state index in [9.17, 15) is 0 Å². The Labute approximate surface area is 128 Å². The summed E-state index contributed by atoms with van der Waals surface area (Å²) in [6.07, 6.45) is 3.83. The van der Waals surface area contributed by atoms with Crippen LogP contribution in [0.2, 0.25) is 0 Å². The molecule has 0 amide bonds. The molecule has 2 rings (SSSR count). The van der Waals surface area contributed by atoms with E-state index in [1.165, 1.54) is 30.6 Å². The summed E-state index contributed by atoms with van der Waals surface area (Å²) < 4.78 is 0. The average molecular weight is 282 g/mol. The topological polar surface area (TPSA) is 15.3 Å². The van der Waals surface area contributed by atoms with Gasteiger partial charge in [0.05, 0.1) is 0 Å². The number of hydrogen-bond donors (Lipinski definition) is 1. The van der Waals surface area contributed by atoms with Crippen LogP contribution >= 0.6 is 0 Å². The van der Waals surface area contributed by atoms with Crippen molar-refractivity contribution in [2.24, 2.45) is 0 Å². The Morgan fingerprint density at radius 2 is 1.48 bits per heavy atom. The Hall–Kier alpha value is -1.96. The van der Waals surface area contributed by atoms with Gasteiger partial charge in [-0.05, 0) is 30.7 Å². The normalized spacial score (nSPS) is 10.3. The van der Waals surface area contributed by atoms with Crippen molar-refractivity contribution in [3.05, 3.63) is 60.7 Å². The maximum Gasteiger partial charge on any atom is 0.0366 e. The highest BCUT2D eigenvalue weighted by molar-refractivity contribution is 5.47. The lowest BCUT2D eigenvalue weighted by atomic mass is 10.2. The van der Waals surface area contributed by atoms with Crippen LogP contribution in [-0.4, -0.2) is 19.6 Å². The number of rotatable bonds is 9. The Balaban J connectivity index is 1.86. The maximum absolute atomic E-state index is 3.49. The predicted molar refractivity (Wildman–Crippen MR) is 93.1 cm³/mol. The van der Waals surface area contributed by atoms with Crippen LogP contribution in [0.1, 0.15) is 26.2 Å². The first-order valence-electron chi connectivity index (χ1n) is 7.99. The Bertz CT molecular complexity index is 481. The highest BCUT2D eigenvalue weighted by Gasteiger charge is 2.05. The number of para-hydroxylation sites is 2. The fourth-order valence-corrected chi connectivity index (χ4v) is 2.45. The molecular weight excluding hydrogens is 256 g/mol. The maximum atomic E-state index is 3.49. The van der Waals surface area contributed by atoms with Gasteiger partial charge in [0.25, 0.3) is 0 Å². The molecule has 0 heterocycles. The van der Waals surface area contributed by atoms with Gasteiger partial charge in [0, 0.05) is 31.0 Å². The van der Waals surface area contributed by atoms with E-state index in [-0.39, 0.29) is 0 Å². The van der Waals surface area contributed by atoms with Crippen LogP contribution in [0.25, 0.3) is 0 Å². The minimum Gasteiger partial charge on any atom is -0.383 e. The van der Waals surface area contributed by atoms with E-state index in [4.69, 9.17) is 0 Å². The molecule has 21 heavy (non-hydrogen) atoms. The lowest BCUT2D eigenvalue weighted by Crippen LogP contribution is -2.30. The van der Waals surface area contributed by atoms with Crippen molar-refractivity contribution in [2.75, 3.05) is 29.9 Å². The zero-order valence-electron chi connectivity index (χ0n) is 13.0. The molecule has 112 valence electrons. The van der Waals surface area contributed by atoms with Gasteiger partial charge in [-0.25, -0.2) is 0 Å². The highest BCUT2D eigenvalue weighted by Crippen LogP contribution is 2.14. The molecule has 0 saturated heterocycles. The van der Waals surface area contributed by atoms with E-state index in [1.54, 1.807) is 0 Å². The van der Waals surface area contributed by atoms with Crippen LogP contribution in [0.15, 0.2) is 60.7 Å². The van der Waals surface area contributed by atoms with Gasteiger partial charge in [-0.2, -0.15) is 0 Å². The van der Waals surface area contributed by atoms with Crippen LogP contribution in [0.3, 0.4) is 0 Å². The fourth-order valence-electron chi connectivity index (χ4n) is 2.45. The van der Waals surface area contributed by atoms with Gasteiger partial charge in [0.15, 0.2) is 0 Å². The minimum atomic E-state index is 0.963. The number of nitrogens with one attached hydrogen (secondary N) is 1. The van der Waals surface area contributed by atoms with Crippen molar-refractivity contribution in [2.45, 2.75) is 26.2 Å². The van der Waals surface area contributed by atoms with Gasteiger partial charge in [-0.1, -0.05) is 56.2 Å². The van der Waals surface area contributed by atoms with Crippen molar-refractivity contribution >= 4 is 11.4 Å². The van der Waals surface area contributed by atoms with Gasteiger partial charge in [0.1, 0.15) is 0 Å². The summed E-state index contributed by atoms with van der Waals surface area (Å²) in [5.74, 6) is 0. The van der Waals surface area contributed by atoms with Gasteiger partial charge < -0.3 is 10.2 Å². The number of benzene rings is 2. The first kappa shape index (κ1) is 15.4. The van der Waals surface area contributed by atoms with Crippen molar-refractivity contribution < 1.29 is 0 Å². The van der Waals surface area contributed by atoms with E-state index in [2.05, 4.69) is 71.7 Å². The summed E-state index contributed by atoms with van der Waals surface area (Å²) in [6.45, 7) is 5.38. The van der Waals surface area contributed by atoms with Crippen LogP contribution < -0.4 is 10.2 Å². The van der Waals surface area contributed by atoms with Crippen molar-refractivity contribution in [3.63, 3.8) is 0 Å². The van der Waals surface area contributed by atoms with E-state index >= 15 is 0 Å². The molecule has 0 bridgehead atoms. The number of nitrogens with zero attached hydrogens (tertiary/aromatic N) is 1. The molecule has 0 aliphatic carbocycles. The number of unbranched alkanes of at least 4 members (excludes halogenated alkanes) is 2. The minimum absolute atomic E-state index is 0.963. The van der Waals surface area contributed by atoms with Gasteiger partial charge >= 0.3 is 0 Å². The zero-order chi connectivity index (χ0) is 14.8. The monoisotopic (exact) mass is 282 g/mol.